The largest absolute Gasteiger partial charge is 0.463 e. The van der Waals surface area contributed by atoms with Gasteiger partial charge in [0.05, 0.1) is 0 Å². The van der Waals surface area contributed by atoms with Gasteiger partial charge in [-0.1, -0.05) is 58.4 Å². The maximum atomic E-state index is 11.5. The molecule has 0 heterocycles. The van der Waals surface area contributed by atoms with Gasteiger partial charge in [0.25, 0.3) is 0 Å². The summed E-state index contributed by atoms with van der Waals surface area (Å²) in [7, 11) is 0. The molecule has 0 N–H and O–H groups in total. The quantitative estimate of drug-likeness (QED) is 0.332. The summed E-state index contributed by atoms with van der Waals surface area (Å²) in [6, 6.07) is 0. The summed E-state index contributed by atoms with van der Waals surface area (Å²) in [5, 5.41) is 0. The van der Waals surface area contributed by atoms with E-state index in [1.807, 2.05) is 5.57 Å². The van der Waals surface area contributed by atoms with Crippen molar-refractivity contribution in [1.82, 2.24) is 0 Å². The Labute approximate surface area is 191 Å². The number of hydrogen-bond acceptors (Lipinski definition) is 2. The molecule has 3 unspecified atom stereocenters. The molecule has 0 bridgehead atoms. The highest BCUT2D eigenvalue weighted by Gasteiger charge is 2.57. The number of allylic oxidation sites excluding steroid dienone is 4. The van der Waals surface area contributed by atoms with Gasteiger partial charge in [-0.3, -0.25) is 4.79 Å². The molecule has 0 aromatic heterocycles. The van der Waals surface area contributed by atoms with Gasteiger partial charge >= 0.3 is 5.97 Å². The van der Waals surface area contributed by atoms with E-state index >= 15 is 0 Å². The summed E-state index contributed by atoms with van der Waals surface area (Å²) in [6.07, 6.45) is 19.2. The Morgan fingerprint density at radius 3 is 2.52 bits per heavy atom. The number of carbonyl (C=O) groups excluding carboxylic acids is 1. The summed E-state index contributed by atoms with van der Waals surface area (Å²) < 4.78 is 5.62. The molecular formula is C29H46O2. The van der Waals surface area contributed by atoms with Crippen molar-refractivity contribution < 1.29 is 9.53 Å². The monoisotopic (exact) mass is 426 g/mol. The lowest BCUT2D eigenvalue weighted by atomic mass is 9.48. The van der Waals surface area contributed by atoms with Gasteiger partial charge in [0.1, 0.15) is 6.10 Å². The first kappa shape index (κ1) is 23.1. The fraction of sp³-hybridized carbons (Fsp3) is 0.828. The number of fused-ring (bicyclic) bond motifs is 5. The van der Waals surface area contributed by atoms with Crippen molar-refractivity contribution >= 4 is 5.97 Å². The van der Waals surface area contributed by atoms with E-state index < -0.39 is 0 Å². The molecule has 2 heteroatoms. The molecule has 3 fully saturated rings. The Kier molecular flexibility index (Phi) is 6.50. The van der Waals surface area contributed by atoms with Crippen molar-refractivity contribution in [2.45, 2.75) is 105 Å². The van der Waals surface area contributed by atoms with Crippen LogP contribution in [0.1, 0.15) is 99.3 Å². The van der Waals surface area contributed by atoms with E-state index in [1.165, 1.54) is 44.9 Å². The second-order valence-corrected chi connectivity index (χ2v) is 12.3. The molecule has 8 atom stereocenters. The van der Waals surface area contributed by atoms with E-state index in [9.17, 15) is 4.79 Å². The van der Waals surface area contributed by atoms with Crippen LogP contribution in [-0.4, -0.2) is 12.1 Å². The zero-order valence-electron chi connectivity index (χ0n) is 21.0. The molecule has 0 amide bonds. The summed E-state index contributed by atoms with van der Waals surface area (Å²) in [5.74, 6) is 4.40. The lowest BCUT2D eigenvalue weighted by Crippen LogP contribution is -2.49. The molecule has 0 spiro atoms. The molecule has 2 nitrogen and oxygen atoms in total. The summed E-state index contributed by atoms with van der Waals surface area (Å²) in [4.78, 5) is 11.5. The van der Waals surface area contributed by atoms with Crippen molar-refractivity contribution in [2.75, 3.05) is 0 Å². The number of esters is 1. The number of ether oxygens (including phenoxy) is 1. The zero-order chi connectivity index (χ0) is 22.4. The van der Waals surface area contributed by atoms with Gasteiger partial charge < -0.3 is 4.74 Å². The lowest BCUT2D eigenvalue weighted by molar-refractivity contribution is -0.152. The van der Waals surface area contributed by atoms with Crippen molar-refractivity contribution in [3.63, 3.8) is 0 Å². The van der Waals surface area contributed by atoms with E-state index in [0.29, 0.717) is 22.7 Å². The van der Waals surface area contributed by atoms with Gasteiger partial charge in [-0.05, 0) is 104 Å². The molecule has 0 aromatic carbocycles. The highest BCUT2D eigenvalue weighted by molar-refractivity contribution is 5.66. The molecule has 0 saturated heterocycles. The highest BCUT2D eigenvalue weighted by Crippen LogP contribution is 2.66. The fourth-order valence-corrected chi connectivity index (χ4v) is 7.99. The first-order chi connectivity index (χ1) is 14.6. The SMILES string of the molecule is CC(=O)O[C@H]1CC[C@@]2(C)C(CC=C3C2CC[C@@]2(C)C3CC[C@@H]2C/C=C/[C@H](C)C(C)C)C1. The minimum absolute atomic E-state index is 0.108. The maximum Gasteiger partial charge on any atom is 0.302 e. The van der Waals surface area contributed by atoms with Crippen molar-refractivity contribution in [2.24, 2.45) is 46.3 Å². The van der Waals surface area contributed by atoms with Gasteiger partial charge in [-0.25, -0.2) is 0 Å². The van der Waals surface area contributed by atoms with Gasteiger partial charge in [0.15, 0.2) is 0 Å². The molecule has 0 aliphatic heterocycles. The molecule has 3 saturated carbocycles. The Balaban J connectivity index is 1.47. The molecule has 0 radical (unpaired) electrons. The third kappa shape index (κ3) is 4.18. The van der Waals surface area contributed by atoms with Crippen LogP contribution in [0.15, 0.2) is 23.8 Å². The van der Waals surface area contributed by atoms with Crippen LogP contribution < -0.4 is 0 Å². The van der Waals surface area contributed by atoms with Crippen molar-refractivity contribution in [3.8, 4) is 0 Å². The smallest absolute Gasteiger partial charge is 0.302 e. The lowest BCUT2D eigenvalue weighted by Gasteiger charge is -2.57. The van der Waals surface area contributed by atoms with Crippen molar-refractivity contribution in [3.05, 3.63) is 23.8 Å². The van der Waals surface area contributed by atoms with Crippen LogP contribution in [0.5, 0.6) is 0 Å². The Morgan fingerprint density at radius 2 is 1.81 bits per heavy atom. The van der Waals surface area contributed by atoms with E-state index in [0.717, 1.165) is 36.5 Å². The molecule has 174 valence electrons. The minimum Gasteiger partial charge on any atom is -0.463 e. The zero-order valence-corrected chi connectivity index (χ0v) is 21.0. The molecule has 4 aliphatic rings. The average Bonchev–Trinajstić information content (AvgIpc) is 3.04. The van der Waals surface area contributed by atoms with E-state index in [1.54, 1.807) is 6.92 Å². The third-order valence-corrected chi connectivity index (χ3v) is 10.5. The van der Waals surface area contributed by atoms with Crippen molar-refractivity contribution in [1.29, 1.82) is 0 Å². The normalized spacial score (nSPS) is 43.2. The molecular weight excluding hydrogens is 380 g/mol. The first-order valence-electron chi connectivity index (χ1n) is 13.2. The third-order valence-electron chi connectivity index (χ3n) is 10.5. The van der Waals surface area contributed by atoms with Gasteiger partial charge in [0.2, 0.25) is 0 Å². The van der Waals surface area contributed by atoms with Crippen LogP contribution >= 0.6 is 0 Å². The van der Waals surface area contributed by atoms with Crippen LogP contribution in [0.2, 0.25) is 0 Å². The van der Waals surface area contributed by atoms with Gasteiger partial charge in [-0.15, -0.1) is 0 Å². The Hall–Kier alpha value is -1.05. The average molecular weight is 427 g/mol. The molecule has 0 aromatic rings. The van der Waals surface area contributed by atoms with E-state index in [2.05, 4.69) is 52.8 Å². The standard InChI is InChI=1S/C29H46O2/c1-19(2)20(3)8-7-9-22-11-13-26-25-12-10-23-18-24(31-21(4)30)14-16-29(23,6)27(25)15-17-28(22,26)5/h7-8,12,19-20,22-24,26-27H,9-11,13-18H2,1-6H3/b8-7+/t20-,22-,23?,24-,26?,27?,28+,29-/m0/s1. The number of carbonyl (C=O) groups is 1. The van der Waals surface area contributed by atoms with Crippen LogP contribution in [-0.2, 0) is 9.53 Å². The molecule has 31 heavy (non-hydrogen) atoms. The van der Waals surface area contributed by atoms with Gasteiger partial charge in [0, 0.05) is 6.92 Å². The summed E-state index contributed by atoms with van der Waals surface area (Å²) in [6.45, 7) is 13.8. The van der Waals surface area contributed by atoms with E-state index in [4.69, 9.17) is 4.74 Å². The number of rotatable bonds is 5. The van der Waals surface area contributed by atoms with Crippen LogP contribution in [0.3, 0.4) is 0 Å². The summed E-state index contributed by atoms with van der Waals surface area (Å²) >= 11 is 0. The van der Waals surface area contributed by atoms with E-state index in [-0.39, 0.29) is 12.1 Å². The number of hydrogen-bond donors (Lipinski definition) is 0. The second kappa shape index (κ2) is 8.71. The fourth-order valence-electron chi connectivity index (χ4n) is 7.99. The van der Waals surface area contributed by atoms with Crippen LogP contribution in [0.4, 0.5) is 0 Å². The Morgan fingerprint density at radius 1 is 1.10 bits per heavy atom. The summed E-state index contributed by atoms with van der Waals surface area (Å²) in [5.41, 5.74) is 2.74. The predicted molar refractivity (Wildman–Crippen MR) is 129 cm³/mol. The minimum atomic E-state index is -0.108. The predicted octanol–water partition coefficient (Wildman–Crippen LogP) is 7.74. The van der Waals surface area contributed by atoms with Gasteiger partial charge in [-0.2, -0.15) is 0 Å². The van der Waals surface area contributed by atoms with Crippen LogP contribution in [0.25, 0.3) is 0 Å². The molecule has 4 rings (SSSR count). The highest BCUT2D eigenvalue weighted by atomic mass is 16.5. The Bertz CT molecular complexity index is 733. The first-order valence-corrected chi connectivity index (χ1v) is 13.2. The maximum absolute atomic E-state index is 11.5. The topological polar surface area (TPSA) is 26.3 Å². The molecule has 4 aliphatic carbocycles. The second-order valence-electron chi connectivity index (χ2n) is 12.3. The van der Waals surface area contributed by atoms with Crippen LogP contribution in [0, 0.1) is 46.3 Å².